The average molecular weight is 537 g/mol. The van der Waals surface area contributed by atoms with Crippen LogP contribution >= 0.6 is 11.3 Å². The van der Waals surface area contributed by atoms with E-state index in [1.807, 2.05) is 12.4 Å². The van der Waals surface area contributed by atoms with Crippen LogP contribution in [0.2, 0.25) is 0 Å². The van der Waals surface area contributed by atoms with Crippen LogP contribution in [0.3, 0.4) is 0 Å². The summed E-state index contributed by atoms with van der Waals surface area (Å²) < 4.78 is 0. The van der Waals surface area contributed by atoms with Gasteiger partial charge in [0.05, 0.1) is 22.2 Å². The second-order valence-electron chi connectivity index (χ2n) is 10.1. The van der Waals surface area contributed by atoms with E-state index in [-0.39, 0.29) is 23.3 Å². The Labute approximate surface area is 227 Å². The smallest absolute Gasteiger partial charge is 0.223 e. The molecule has 1 aliphatic heterocycles. The van der Waals surface area contributed by atoms with Gasteiger partial charge >= 0.3 is 0 Å². The number of amides is 2. The number of likely N-dealkylation sites (tertiary alicyclic amines) is 1. The van der Waals surface area contributed by atoms with Gasteiger partial charge in [0.2, 0.25) is 11.8 Å². The van der Waals surface area contributed by atoms with E-state index in [4.69, 9.17) is 16.6 Å². The van der Waals surface area contributed by atoms with E-state index < -0.39 is 0 Å². The van der Waals surface area contributed by atoms with E-state index in [1.54, 1.807) is 16.2 Å². The number of unbranched alkanes of at least 4 members (excludes halogenated alkanes) is 2. The molecule has 0 saturated carbocycles. The maximum atomic E-state index is 11.6. The first-order valence-electron chi connectivity index (χ1n) is 12.8. The maximum absolute atomic E-state index is 11.6. The Hall–Kier alpha value is -2.33. The molecule has 0 spiro atoms. The Bertz CT molecular complexity index is 894. The van der Waals surface area contributed by atoms with Gasteiger partial charge in [-0.2, -0.15) is 0 Å². The number of primary amides is 1. The first-order valence-corrected chi connectivity index (χ1v) is 13.7. The number of aromatic nitrogens is 1. The third-order valence-corrected chi connectivity index (χ3v) is 6.40. The lowest BCUT2D eigenvalue weighted by Gasteiger charge is -2.22. The van der Waals surface area contributed by atoms with Crippen LogP contribution in [0.4, 0.5) is 0 Å². The highest BCUT2D eigenvalue weighted by Crippen LogP contribution is 2.27. The third-order valence-electron chi connectivity index (χ3n) is 5.42. The number of hydrogen-bond donors (Lipinski definition) is 4. The third kappa shape index (κ3) is 15.5. The van der Waals surface area contributed by atoms with Crippen LogP contribution in [0, 0.1) is 12.3 Å². The molecule has 2 heterocycles. The minimum atomic E-state index is -0.302. The number of nitrogens with two attached hydrogens (primary N) is 2. The van der Waals surface area contributed by atoms with E-state index >= 15 is 0 Å². The van der Waals surface area contributed by atoms with Crippen molar-refractivity contribution in [1.82, 2.24) is 9.88 Å². The summed E-state index contributed by atoms with van der Waals surface area (Å²) in [4.78, 5) is 29.0. The van der Waals surface area contributed by atoms with Crippen LogP contribution < -0.4 is 11.5 Å². The van der Waals surface area contributed by atoms with Crippen molar-refractivity contribution in [1.29, 1.82) is 0 Å². The van der Waals surface area contributed by atoms with Gasteiger partial charge < -0.3 is 26.6 Å². The van der Waals surface area contributed by atoms with E-state index in [1.165, 1.54) is 10.4 Å². The zero-order chi connectivity index (χ0) is 28.4. The predicted molar refractivity (Wildman–Crippen MR) is 153 cm³/mol. The molecule has 1 saturated heterocycles. The fourth-order valence-electron chi connectivity index (χ4n) is 3.45. The standard InChI is InChI=1S/C11H12N2S.C10H19NO2.C6H13NO.CH4O/c1-8-11(14-7-13-8)10-4-2-9(6-12)3-5-10;1-10(2,3)6-9(13)11-5-4-8(12)7-11;1-2-3-4-5-6(7)8;1-2/h2-5,7H,6,12H2,1H3;8,12H,4-7H2,1-3H3;2-5H2,1H3,(H2,7,8);2H,1H3. The van der Waals surface area contributed by atoms with Gasteiger partial charge in [0.15, 0.2) is 0 Å². The zero-order valence-corrected chi connectivity index (χ0v) is 24.3. The average Bonchev–Trinajstić information content (AvgIpc) is 3.48. The molecule has 37 heavy (non-hydrogen) atoms. The molecule has 210 valence electrons. The van der Waals surface area contributed by atoms with Gasteiger partial charge in [-0.15, -0.1) is 11.3 Å². The second kappa shape index (κ2) is 18.8. The molecule has 1 unspecified atom stereocenters. The van der Waals surface area contributed by atoms with Crippen LogP contribution in [-0.2, 0) is 16.1 Å². The summed E-state index contributed by atoms with van der Waals surface area (Å²) >= 11 is 1.67. The van der Waals surface area contributed by atoms with Crippen molar-refractivity contribution in [3.05, 3.63) is 41.0 Å². The number of hydrogen-bond acceptors (Lipinski definition) is 7. The normalized spacial score (nSPS) is 14.4. The Morgan fingerprint density at radius 2 is 1.78 bits per heavy atom. The highest BCUT2D eigenvalue weighted by atomic mass is 32.1. The SMILES string of the molecule is CC(C)(C)CC(=O)N1CCC(O)C1.CCCCCC(N)=O.CO.Cc1ncsc1-c1ccc(CN)cc1. The lowest BCUT2D eigenvalue weighted by atomic mass is 9.92. The van der Waals surface area contributed by atoms with Crippen LogP contribution in [0.25, 0.3) is 10.4 Å². The monoisotopic (exact) mass is 536 g/mol. The number of carbonyl (C=O) groups is 2. The van der Waals surface area contributed by atoms with Gasteiger partial charge in [-0.3, -0.25) is 9.59 Å². The lowest BCUT2D eigenvalue weighted by Crippen LogP contribution is -2.32. The number of thiazole rings is 1. The van der Waals surface area contributed by atoms with Gasteiger partial charge in [0, 0.05) is 39.6 Å². The van der Waals surface area contributed by atoms with Crippen molar-refractivity contribution in [2.24, 2.45) is 16.9 Å². The first kappa shape index (κ1) is 34.7. The fourth-order valence-corrected chi connectivity index (χ4v) is 4.27. The summed E-state index contributed by atoms with van der Waals surface area (Å²) in [7, 11) is 1.00. The largest absolute Gasteiger partial charge is 0.400 e. The van der Waals surface area contributed by atoms with Crippen molar-refractivity contribution < 1.29 is 19.8 Å². The van der Waals surface area contributed by atoms with E-state index in [0.717, 1.165) is 50.6 Å². The summed E-state index contributed by atoms with van der Waals surface area (Å²) in [5.74, 6) is -0.0116. The van der Waals surface area contributed by atoms with Crippen LogP contribution in [0.15, 0.2) is 29.8 Å². The number of benzene rings is 1. The molecule has 2 amide bonds. The summed E-state index contributed by atoms with van der Waals surface area (Å²) in [5, 5.41) is 16.3. The van der Waals surface area contributed by atoms with Crippen LogP contribution in [-0.4, -0.2) is 58.2 Å². The Balaban J connectivity index is 0.000000527. The van der Waals surface area contributed by atoms with E-state index in [0.29, 0.717) is 25.9 Å². The topological polar surface area (TPSA) is 143 Å². The Kier molecular flexibility index (Phi) is 17.7. The molecule has 1 aromatic heterocycles. The molecule has 0 radical (unpaired) electrons. The van der Waals surface area contributed by atoms with Gasteiger partial charge in [0.1, 0.15) is 0 Å². The minimum Gasteiger partial charge on any atom is -0.400 e. The van der Waals surface area contributed by atoms with Crippen molar-refractivity contribution in [3.8, 4) is 10.4 Å². The molecule has 8 nitrogen and oxygen atoms in total. The van der Waals surface area contributed by atoms with Crippen molar-refractivity contribution in [3.63, 3.8) is 0 Å². The molecule has 6 N–H and O–H groups in total. The van der Waals surface area contributed by atoms with Gasteiger partial charge in [0.25, 0.3) is 0 Å². The summed E-state index contributed by atoms with van der Waals surface area (Å²) in [5.41, 5.74) is 15.8. The van der Waals surface area contributed by atoms with E-state index in [9.17, 15) is 14.7 Å². The van der Waals surface area contributed by atoms with Crippen molar-refractivity contribution in [2.45, 2.75) is 85.8 Å². The summed E-state index contributed by atoms with van der Waals surface area (Å²) in [6, 6.07) is 8.33. The van der Waals surface area contributed by atoms with Crippen LogP contribution in [0.1, 0.15) is 77.5 Å². The highest BCUT2D eigenvalue weighted by Gasteiger charge is 2.27. The van der Waals surface area contributed by atoms with Gasteiger partial charge in [-0.05, 0) is 36.3 Å². The molecule has 1 aromatic carbocycles. The minimum absolute atomic E-state index is 0.0463. The molecular weight excluding hydrogens is 488 g/mol. The maximum Gasteiger partial charge on any atom is 0.223 e. The quantitative estimate of drug-likeness (QED) is 0.390. The van der Waals surface area contributed by atoms with E-state index in [2.05, 4.69) is 56.9 Å². The summed E-state index contributed by atoms with van der Waals surface area (Å²) in [6.45, 7) is 12.1. The van der Waals surface area contributed by atoms with Crippen molar-refractivity contribution >= 4 is 23.2 Å². The highest BCUT2D eigenvalue weighted by molar-refractivity contribution is 7.13. The lowest BCUT2D eigenvalue weighted by molar-refractivity contribution is -0.132. The number of β-amino-alcohol motifs (C(OH)–C–C–N with tert-alkyl or cyclic N) is 1. The zero-order valence-electron chi connectivity index (χ0n) is 23.5. The molecule has 0 bridgehead atoms. The molecule has 1 fully saturated rings. The molecule has 1 aliphatic rings. The number of aliphatic hydroxyl groups excluding tert-OH is 2. The number of aliphatic hydroxyl groups is 2. The summed E-state index contributed by atoms with van der Waals surface area (Å²) in [6.07, 6.45) is 4.76. The molecule has 2 aromatic rings. The molecule has 3 rings (SSSR count). The van der Waals surface area contributed by atoms with Gasteiger partial charge in [-0.1, -0.05) is 64.8 Å². The number of carbonyl (C=O) groups excluding carboxylic acids is 2. The first-order chi connectivity index (χ1) is 17.5. The molecular formula is C28H48N4O4S. The molecule has 9 heteroatoms. The number of rotatable bonds is 7. The Morgan fingerprint density at radius 1 is 1.16 bits per heavy atom. The molecule has 0 aliphatic carbocycles. The molecule has 1 atom stereocenters. The predicted octanol–water partition coefficient (Wildman–Crippen LogP) is 4.25. The second-order valence-corrected chi connectivity index (χ2v) is 11.0. The van der Waals surface area contributed by atoms with Crippen molar-refractivity contribution in [2.75, 3.05) is 20.2 Å². The number of nitrogens with zero attached hydrogens (tertiary/aromatic N) is 2. The Morgan fingerprint density at radius 3 is 2.19 bits per heavy atom. The van der Waals surface area contributed by atoms with Crippen LogP contribution in [0.5, 0.6) is 0 Å². The fraction of sp³-hybridized carbons (Fsp3) is 0.607. The number of aryl methyl sites for hydroxylation is 1. The van der Waals surface area contributed by atoms with Gasteiger partial charge in [-0.25, -0.2) is 4.98 Å².